The molecule has 1 aliphatic carbocycles. The van der Waals surface area contributed by atoms with Gasteiger partial charge in [0.15, 0.2) is 5.69 Å². The Morgan fingerprint density at radius 3 is 2.21 bits per heavy atom. The molecule has 4 rings (SSSR count). The van der Waals surface area contributed by atoms with E-state index >= 15 is 0 Å². The molecule has 9 nitrogen and oxygen atoms in total. The molecule has 1 heterocycles. The Balaban J connectivity index is 1.84. The van der Waals surface area contributed by atoms with Crippen molar-refractivity contribution in [3.8, 4) is 5.75 Å². The van der Waals surface area contributed by atoms with Crippen molar-refractivity contribution < 1.29 is 19.1 Å². The Morgan fingerprint density at radius 1 is 1.05 bits per heavy atom. The first-order chi connectivity index (χ1) is 18.7. The molecule has 1 saturated carbocycles. The Hall–Kier alpha value is -3.92. The first-order valence-corrected chi connectivity index (χ1v) is 14.0. The number of carbonyl (C=O) groups is 3. The normalized spacial score (nSPS) is 14.3. The average Bonchev–Trinajstić information content (AvgIpc) is 3.57. The zero-order valence-corrected chi connectivity index (χ0v) is 23.3. The molecule has 39 heavy (non-hydrogen) atoms. The standard InChI is InChI=1S/C29H35N5O4S/c1-4-38-22-15-11-19(12-16-22)25(28(36)32-20-7-5-6-8-20)34(21-13-9-18(10-14-21)17(2)3)29(37)26-23(30)24(27(31)35)33-39-26/h9-17,20,25H,4-8,30H2,1-3H3,(H2,31,35)(H,32,36)/t25-/m0/s1. The van der Waals surface area contributed by atoms with Gasteiger partial charge < -0.3 is 21.5 Å². The first-order valence-electron chi connectivity index (χ1n) is 13.2. The van der Waals surface area contributed by atoms with Crippen LogP contribution >= 0.6 is 11.5 Å². The highest BCUT2D eigenvalue weighted by atomic mass is 32.1. The van der Waals surface area contributed by atoms with Gasteiger partial charge in [-0.05, 0) is 72.6 Å². The fourth-order valence-electron chi connectivity index (χ4n) is 4.82. The van der Waals surface area contributed by atoms with Gasteiger partial charge in [-0.15, -0.1) is 0 Å². The number of nitrogens with zero attached hydrogens (tertiary/aromatic N) is 2. The second-order valence-electron chi connectivity index (χ2n) is 9.95. The molecule has 0 saturated heterocycles. The van der Waals surface area contributed by atoms with E-state index in [1.54, 1.807) is 24.3 Å². The van der Waals surface area contributed by atoms with Crippen molar-refractivity contribution >= 4 is 40.6 Å². The molecule has 206 valence electrons. The van der Waals surface area contributed by atoms with Gasteiger partial charge in [-0.3, -0.25) is 19.3 Å². The monoisotopic (exact) mass is 549 g/mol. The van der Waals surface area contributed by atoms with Gasteiger partial charge in [-0.25, -0.2) is 0 Å². The third-order valence-corrected chi connectivity index (χ3v) is 7.78. The molecule has 3 aromatic rings. The fourth-order valence-corrected chi connectivity index (χ4v) is 5.57. The van der Waals surface area contributed by atoms with Crippen LogP contribution < -0.4 is 26.4 Å². The number of nitrogens with two attached hydrogens (primary N) is 2. The number of hydrogen-bond acceptors (Lipinski definition) is 7. The molecule has 0 bridgehead atoms. The third kappa shape index (κ3) is 6.22. The number of aromatic nitrogens is 1. The van der Waals surface area contributed by atoms with E-state index in [0.717, 1.165) is 42.8 Å². The lowest BCUT2D eigenvalue weighted by Gasteiger charge is -2.32. The highest BCUT2D eigenvalue weighted by Crippen LogP contribution is 2.35. The zero-order valence-electron chi connectivity index (χ0n) is 22.5. The predicted molar refractivity (Wildman–Crippen MR) is 153 cm³/mol. The van der Waals surface area contributed by atoms with Crippen molar-refractivity contribution in [1.29, 1.82) is 0 Å². The fraction of sp³-hybridized carbons (Fsp3) is 0.379. The van der Waals surface area contributed by atoms with Crippen LogP contribution in [0.15, 0.2) is 48.5 Å². The van der Waals surface area contributed by atoms with Crippen LogP contribution in [-0.2, 0) is 4.79 Å². The second kappa shape index (κ2) is 12.3. The summed E-state index contributed by atoms with van der Waals surface area (Å²) in [5.74, 6) is -0.724. The molecule has 0 spiro atoms. The number of benzene rings is 2. The van der Waals surface area contributed by atoms with Gasteiger partial charge in [0.25, 0.3) is 11.8 Å². The predicted octanol–water partition coefficient (Wildman–Crippen LogP) is 4.79. The van der Waals surface area contributed by atoms with Crippen molar-refractivity contribution in [2.45, 2.75) is 64.5 Å². The van der Waals surface area contributed by atoms with Crippen LogP contribution in [0.2, 0.25) is 0 Å². The van der Waals surface area contributed by atoms with Crippen LogP contribution in [0.3, 0.4) is 0 Å². The summed E-state index contributed by atoms with van der Waals surface area (Å²) in [5.41, 5.74) is 13.5. The van der Waals surface area contributed by atoms with Crippen LogP contribution in [0.1, 0.15) is 89.7 Å². The Kier molecular flexibility index (Phi) is 8.86. The Morgan fingerprint density at radius 2 is 1.67 bits per heavy atom. The number of amides is 3. The number of anilines is 2. The van der Waals surface area contributed by atoms with Gasteiger partial charge in [-0.2, -0.15) is 4.37 Å². The summed E-state index contributed by atoms with van der Waals surface area (Å²) >= 11 is 0.791. The molecule has 5 N–H and O–H groups in total. The van der Waals surface area contributed by atoms with E-state index < -0.39 is 17.9 Å². The number of hydrogen-bond donors (Lipinski definition) is 3. The second-order valence-corrected chi connectivity index (χ2v) is 10.7. The number of ether oxygens (including phenoxy) is 1. The Labute approximate surface area is 232 Å². The number of nitrogen functional groups attached to an aromatic ring is 1. The molecule has 0 aliphatic heterocycles. The summed E-state index contributed by atoms with van der Waals surface area (Å²) in [6.45, 7) is 6.57. The van der Waals surface area contributed by atoms with Gasteiger partial charge in [0, 0.05) is 11.7 Å². The molecule has 0 radical (unpaired) electrons. The van der Waals surface area contributed by atoms with Crippen molar-refractivity contribution in [2.75, 3.05) is 17.2 Å². The summed E-state index contributed by atoms with van der Waals surface area (Å²) < 4.78 is 9.62. The molecule has 1 fully saturated rings. The maximum atomic E-state index is 14.2. The smallest absolute Gasteiger partial charge is 0.273 e. The van der Waals surface area contributed by atoms with Crippen LogP contribution in [-0.4, -0.2) is 34.7 Å². The first kappa shape index (κ1) is 28.1. The van der Waals surface area contributed by atoms with Crippen LogP contribution in [0, 0.1) is 0 Å². The van der Waals surface area contributed by atoms with E-state index in [1.807, 2.05) is 31.2 Å². The van der Waals surface area contributed by atoms with E-state index in [-0.39, 0.29) is 34.1 Å². The average molecular weight is 550 g/mol. The summed E-state index contributed by atoms with van der Waals surface area (Å²) in [5, 5.41) is 3.16. The molecule has 2 aromatic carbocycles. The topological polar surface area (TPSA) is 141 Å². The molecule has 0 unspecified atom stereocenters. The third-order valence-electron chi connectivity index (χ3n) is 6.93. The lowest BCUT2D eigenvalue weighted by molar-refractivity contribution is -0.123. The number of rotatable bonds is 10. The minimum Gasteiger partial charge on any atom is -0.494 e. The molecule has 3 amide bonds. The van der Waals surface area contributed by atoms with E-state index in [1.165, 1.54) is 4.90 Å². The van der Waals surface area contributed by atoms with E-state index in [9.17, 15) is 14.4 Å². The zero-order chi connectivity index (χ0) is 28.1. The van der Waals surface area contributed by atoms with Gasteiger partial charge in [-0.1, -0.05) is 51.0 Å². The van der Waals surface area contributed by atoms with E-state index in [0.29, 0.717) is 23.6 Å². The van der Waals surface area contributed by atoms with Gasteiger partial charge in [0.2, 0.25) is 5.91 Å². The minimum atomic E-state index is -1.02. The maximum absolute atomic E-state index is 14.2. The van der Waals surface area contributed by atoms with Gasteiger partial charge in [0.1, 0.15) is 16.7 Å². The maximum Gasteiger partial charge on any atom is 0.273 e. The SMILES string of the molecule is CCOc1ccc([C@@H](C(=O)NC2CCCC2)N(C(=O)c2snc(C(N)=O)c2N)c2ccc(C(C)C)cc2)cc1. The van der Waals surface area contributed by atoms with E-state index in [2.05, 4.69) is 23.5 Å². The van der Waals surface area contributed by atoms with Crippen LogP contribution in [0.4, 0.5) is 11.4 Å². The molecule has 1 aromatic heterocycles. The quantitative estimate of drug-likeness (QED) is 0.332. The molecule has 10 heteroatoms. The van der Waals surface area contributed by atoms with Gasteiger partial charge >= 0.3 is 0 Å². The van der Waals surface area contributed by atoms with Gasteiger partial charge in [0.05, 0.1) is 12.3 Å². The Bertz CT molecular complexity index is 1310. The number of nitrogens with one attached hydrogen (secondary N) is 1. The molecular weight excluding hydrogens is 514 g/mol. The lowest BCUT2D eigenvalue weighted by atomic mass is 9.99. The van der Waals surface area contributed by atoms with Crippen LogP contribution in [0.25, 0.3) is 0 Å². The summed E-state index contributed by atoms with van der Waals surface area (Å²) in [7, 11) is 0. The van der Waals surface area contributed by atoms with Crippen molar-refractivity contribution in [2.24, 2.45) is 5.73 Å². The van der Waals surface area contributed by atoms with Crippen molar-refractivity contribution in [3.63, 3.8) is 0 Å². The largest absolute Gasteiger partial charge is 0.494 e. The number of carbonyl (C=O) groups excluding carboxylic acids is 3. The van der Waals surface area contributed by atoms with Crippen molar-refractivity contribution in [3.05, 3.63) is 70.2 Å². The lowest BCUT2D eigenvalue weighted by Crippen LogP contribution is -2.46. The van der Waals surface area contributed by atoms with E-state index in [4.69, 9.17) is 16.2 Å². The number of primary amides is 1. The van der Waals surface area contributed by atoms with Crippen LogP contribution in [0.5, 0.6) is 5.75 Å². The molecule has 1 atom stereocenters. The summed E-state index contributed by atoms with van der Waals surface area (Å²) in [6, 6.07) is 13.7. The highest BCUT2D eigenvalue weighted by Gasteiger charge is 2.37. The van der Waals surface area contributed by atoms with Crippen molar-refractivity contribution in [1.82, 2.24) is 9.69 Å². The molecule has 1 aliphatic rings. The highest BCUT2D eigenvalue weighted by molar-refractivity contribution is 7.09. The summed E-state index contributed by atoms with van der Waals surface area (Å²) in [4.78, 5) is 41.5. The summed E-state index contributed by atoms with van der Waals surface area (Å²) in [6.07, 6.45) is 3.88. The minimum absolute atomic E-state index is 0.0397. The molecular formula is C29H35N5O4S.